The Kier molecular flexibility index (Phi) is 3.60. The van der Waals surface area contributed by atoms with Gasteiger partial charge in [0, 0.05) is 6.54 Å². The molecule has 0 atom stereocenters. The predicted molar refractivity (Wildman–Crippen MR) is 55.8 cm³/mol. The normalized spacial score (nSPS) is 10.9. The van der Waals surface area contributed by atoms with E-state index in [0.29, 0.717) is 23.5 Å². The largest absolute Gasteiger partial charge is 0.477 e. The molecule has 1 rings (SSSR count). The van der Waals surface area contributed by atoms with Crippen LogP contribution in [0.3, 0.4) is 0 Å². The average Bonchev–Trinajstić information content (AvgIpc) is 2.46. The zero-order chi connectivity index (χ0) is 10.7. The van der Waals surface area contributed by atoms with Gasteiger partial charge in [0.1, 0.15) is 9.88 Å². The van der Waals surface area contributed by atoms with Crippen molar-refractivity contribution in [2.24, 2.45) is 0 Å². The van der Waals surface area contributed by atoms with E-state index in [-0.39, 0.29) is 0 Å². The number of aromatic nitrogens is 1. The highest BCUT2D eigenvalue weighted by atomic mass is 32.1. The molecule has 0 unspecified atom stereocenters. The third-order valence-electron chi connectivity index (χ3n) is 1.72. The number of aromatic carboxylic acids is 1. The molecule has 1 N–H and O–H groups in total. The van der Waals surface area contributed by atoms with E-state index in [4.69, 9.17) is 5.11 Å². The highest BCUT2D eigenvalue weighted by Gasteiger charge is 2.15. The summed E-state index contributed by atoms with van der Waals surface area (Å²) in [6, 6.07) is 0. The van der Waals surface area contributed by atoms with Gasteiger partial charge in [0.15, 0.2) is 0 Å². The zero-order valence-corrected chi connectivity index (χ0v) is 9.39. The molecule has 0 aliphatic heterocycles. The van der Waals surface area contributed by atoms with Crippen LogP contribution in [0.15, 0.2) is 0 Å². The number of aryl methyl sites for hydroxylation is 1. The Morgan fingerprint density at radius 3 is 2.57 bits per heavy atom. The molecule has 4 nitrogen and oxygen atoms in total. The minimum atomic E-state index is -0.871. The van der Waals surface area contributed by atoms with Crippen molar-refractivity contribution in [3.05, 3.63) is 15.6 Å². The van der Waals surface area contributed by atoms with Crippen LogP contribution in [-0.4, -0.2) is 35.1 Å². The second-order valence-corrected chi connectivity index (χ2v) is 4.36. The Hall–Kier alpha value is -0.940. The molecule has 0 saturated heterocycles. The monoisotopic (exact) mass is 214 g/mol. The summed E-state index contributed by atoms with van der Waals surface area (Å²) in [6.07, 6.45) is 0.672. The van der Waals surface area contributed by atoms with Crippen molar-refractivity contribution in [3.8, 4) is 0 Å². The molecule has 0 amide bonds. The van der Waals surface area contributed by atoms with Crippen molar-refractivity contribution in [3.63, 3.8) is 0 Å². The summed E-state index contributed by atoms with van der Waals surface area (Å²) in [5.74, 6) is -0.871. The summed E-state index contributed by atoms with van der Waals surface area (Å²) in [5.41, 5.74) is 0.694. The molecule has 1 aromatic heterocycles. The summed E-state index contributed by atoms with van der Waals surface area (Å²) >= 11 is 1.27. The number of nitrogens with zero attached hydrogens (tertiary/aromatic N) is 2. The molecule has 0 bridgehead atoms. The first-order valence-corrected chi connectivity index (χ1v) is 5.22. The topological polar surface area (TPSA) is 53.4 Å². The first-order valence-electron chi connectivity index (χ1n) is 4.41. The standard InChI is InChI=1S/C9H14N2O2S/c1-4-6-8(9(12)13)14-7(10-6)5-11(2)3/h4-5H2,1-3H3,(H,12,13). The van der Waals surface area contributed by atoms with Crippen molar-refractivity contribution in [2.45, 2.75) is 19.9 Å². The first kappa shape index (κ1) is 11.1. The molecule has 0 saturated carbocycles. The molecule has 1 heterocycles. The first-order chi connectivity index (χ1) is 6.54. The van der Waals surface area contributed by atoms with E-state index in [9.17, 15) is 4.79 Å². The molecule has 1 aromatic rings. The number of hydrogen-bond acceptors (Lipinski definition) is 4. The number of carboxylic acids is 1. The highest BCUT2D eigenvalue weighted by Crippen LogP contribution is 2.19. The van der Waals surface area contributed by atoms with Crippen LogP contribution in [0, 0.1) is 0 Å². The smallest absolute Gasteiger partial charge is 0.347 e. The van der Waals surface area contributed by atoms with E-state index < -0.39 is 5.97 Å². The van der Waals surface area contributed by atoms with Gasteiger partial charge in [0.05, 0.1) is 5.69 Å². The molecule has 0 spiro atoms. The summed E-state index contributed by atoms with van der Waals surface area (Å²) in [6.45, 7) is 2.62. The lowest BCUT2D eigenvalue weighted by Crippen LogP contribution is -2.10. The van der Waals surface area contributed by atoms with Gasteiger partial charge in [-0.05, 0) is 20.5 Å². The summed E-state index contributed by atoms with van der Waals surface area (Å²) in [5, 5.41) is 9.77. The number of thiazole rings is 1. The molecule has 0 aliphatic carbocycles. The second-order valence-electron chi connectivity index (χ2n) is 3.28. The quantitative estimate of drug-likeness (QED) is 0.824. The van der Waals surface area contributed by atoms with Crippen molar-refractivity contribution >= 4 is 17.3 Å². The Bertz CT molecular complexity index is 334. The van der Waals surface area contributed by atoms with Crippen LogP contribution in [0.2, 0.25) is 0 Å². The third kappa shape index (κ3) is 2.52. The fourth-order valence-corrected chi connectivity index (χ4v) is 2.26. The minimum Gasteiger partial charge on any atom is -0.477 e. The lowest BCUT2D eigenvalue weighted by Gasteiger charge is -2.04. The Morgan fingerprint density at radius 1 is 1.57 bits per heavy atom. The maximum atomic E-state index is 10.8. The van der Waals surface area contributed by atoms with Gasteiger partial charge in [-0.2, -0.15) is 0 Å². The summed E-state index contributed by atoms with van der Waals surface area (Å²) in [7, 11) is 3.88. The second kappa shape index (κ2) is 4.52. The molecule has 14 heavy (non-hydrogen) atoms. The Balaban J connectivity index is 2.94. The SMILES string of the molecule is CCc1nc(CN(C)C)sc1C(=O)O. The van der Waals surface area contributed by atoms with Crippen molar-refractivity contribution < 1.29 is 9.90 Å². The molecule has 0 aromatic carbocycles. The lowest BCUT2D eigenvalue weighted by molar-refractivity contribution is 0.0701. The molecular weight excluding hydrogens is 200 g/mol. The van der Waals surface area contributed by atoms with Crippen LogP contribution in [0.25, 0.3) is 0 Å². The molecule has 0 radical (unpaired) electrons. The number of rotatable bonds is 4. The maximum absolute atomic E-state index is 10.8. The number of hydrogen-bond donors (Lipinski definition) is 1. The Labute approximate surface area is 87.2 Å². The van der Waals surface area contributed by atoms with Crippen LogP contribution in [-0.2, 0) is 13.0 Å². The molecule has 0 aliphatic rings. The van der Waals surface area contributed by atoms with Crippen LogP contribution >= 0.6 is 11.3 Å². The van der Waals surface area contributed by atoms with Gasteiger partial charge >= 0.3 is 5.97 Å². The van der Waals surface area contributed by atoms with E-state index >= 15 is 0 Å². The van der Waals surface area contributed by atoms with E-state index in [1.165, 1.54) is 11.3 Å². The van der Waals surface area contributed by atoms with Gasteiger partial charge in [-0.25, -0.2) is 9.78 Å². The maximum Gasteiger partial charge on any atom is 0.347 e. The third-order valence-corrected chi connectivity index (χ3v) is 2.79. The van der Waals surface area contributed by atoms with Gasteiger partial charge in [0.25, 0.3) is 0 Å². The average molecular weight is 214 g/mol. The van der Waals surface area contributed by atoms with Crippen molar-refractivity contribution in [1.29, 1.82) is 0 Å². The summed E-state index contributed by atoms with van der Waals surface area (Å²) < 4.78 is 0. The van der Waals surface area contributed by atoms with Crippen LogP contribution < -0.4 is 0 Å². The minimum absolute atomic E-state index is 0.379. The highest BCUT2D eigenvalue weighted by molar-refractivity contribution is 7.13. The van der Waals surface area contributed by atoms with E-state index in [2.05, 4.69) is 4.98 Å². The van der Waals surface area contributed by atoms with Gasteiger partial charge < -0.3 is 10.0 Å². The zero-order valence-electron chi connectivity index (χ0n) is 8.57. The number of carboxylic acid groups (broad SMARTS) is 1. The molecule has 78 valence electrons. The number of carbonyl (C=O) groups is 1. The van der Waals surface area contributed by atoms with Gasteiger partial charge in [0.2, 0.25) is 0 Å². The van der Waals surface area contributed by atoms with Gasteiger partial charge in [-0.15, -0.1) is 11.3 Å². The van der Waals surface area contributed by atoms with E-state index in [0.717, 1.165) is 5.01 Å². The van der Waals surface area contributed by atoms with Crippen LogP contribution in [0.5, 0.6) is 0 Å². The molecule has 0 fully saturated rings. The fourth-order valence-electron chi connectivity index (χ4n) is 1.15. The van der Waals surface area contributed by atoms with Crippen LogP contribution in [0.1, 0.15) is 27.3 Å². The van der Waals surface area contributed by atoms with Gasteiger partial charge in [-0.3, -0.25) is 0 Å². The molecular formula is C9H14N2O2S. The van der Waals surface area contributed by atoms with E-state index in [1.807, 2.05) is 25.9 Å². The van der Waals surface area contributed by atoms with E-state index in [1.54, 1.807) is 0 Å². The van der Waals surface area contributed by atoms with Crippen LogP contribution in [0.4, 0.5) is 0 Å². The lowest BCUT2D eigenvalue weighted by atomic mass is 10.3. The van der Waals surface area contributed by atoms with Crippen molar-refractivity contribution in [2.75, 3.05) is 14.1 Å². The van der Waals surface area contributed by atoms with Gasteiger partial charge in [-0.1, -0.05) is 6.92 Å². The Morgan fingerprint density at radius 2 is 2.21 bits per heavy atom. The summed E-state index contributed by atoms with van der Waals surface area (Å²) in [4.78, 5) is 17.5. The fraction of sp³-hybridized carbons (Fsp3) is 0.556. The predicted octanol–water partition coefficient (Wildman–Crippen LogP) is 1.47. The van der Waals surface area contributed by atoms with Crippen molar-refractivity contribution in [1.82, 2.24) is 9.88 Å². The molecule has 5 heteroatoms.